The molecule has 1 aliphatic carbocycles. The zero-order valence-corrected chi connectivity index (χ0v) is 11.2. The van der Waals surface area contributed by atoms with Gasteiger partial charge >= 0.3 is 0 Å². The molecule has 0 spiro atoms. The number of thiophene rings is 1. The first kappa shape index (κ1) is 11.2. The van der Waals surface area contributed by atoms with Crippen LogP contribution in [0.4, 0.5) is 0 Å². The number of nitrogens with one attached hydrogen (secondary N) is 1. The van der Waals surface area contributed by atoms with Crippen molar-refractivity contribution in [2.75, 3.05) is 0 Å². The molecule has 2 aromatic heterocycles. The van der Waals surface area contributed by atoms with E-state index < -0.39 is 0 Å². The first-order chi connectivity index (χ1) is 8.36. The molecule has 1 N–H and O–H groups in total. The molecule has 3 nitrogen and oxygen atoms in total. The largest absolute Gasteiger partial charge is 0.297 e. The van der Waals surface area contributed by atoms with Crippen molar-refractivity contribution in [3.05, 3.63) is 21.6 Å². The molecule has 0 atom stereocenters. The van der Waals surface area contributed by atoms with Crippen LogP contribution in [0.1, 0.15) is 38.1 Å². The molecule has 5 heteroatoms. The lowest BCUT2D eigenvalue weighted by Gasteiger charge is -2.23. The van der Waals surface area contributed by atoms with Crippen molar-refractivity contribution in [3.63, 3.8) is 0 Å². The highest BCUT2D eigenvalue weighted by Crippen LogP contribution is 2.32. The topological polar surface area (TPSA) is 33.6 Å². The van der Waals surface area contributed by atoms with E-state index in [-0.39, 0.29) is 0 Å². The zero-order chi connectivity index (χ0) is 11.7. The molecule has 0 bridgehead atoms. The van der Waals surface area contributed by atoms with Crippen LogP contribution in [0, 0.1) is 4.77 Å². The van der Waals surface area contributed by atoms with Crippen LogP contribution in [0.2, 0.25) is 0 Å². The summed E-state index contributed by atoms with van der Waals surface area (Å²) >= 11 is 7.07. The Bertz CT molecular complexity index is 532. The molecular weight excluding hydrogens is 250 g/mol. The molecule has 2 heterocycles. The molecule has 17 heavy (non-hydrogen) atoms. The van der Waals surface area contributed by atoms with Crippen molar-refractivity contribution in [2.24, 2.45) is 0 Å². The van der Waals surface area contributed by atoms with Crippen LogP contribution in [0.15, 0.2) is 16.8 Å². The van der Waals surface area contributed by atoms with E-state index in [4.69, 9.17) is 12.2 Å². The lowest BCUT2D eigenvalue weighted by Crippen LogP contribution is -2.14. The van der Waals surface area contributed by atoms with E-state index in [2.05, 4.69) is 31.6 Å². The Kier molecular flexibility index (Phi) is 3.11. The molecule has 0 unspecified atom stereocenters. The van der Waals surface area contributed by atoms with E-state index in [0.29, 0.717) is 6.04 Å². The van der Waals surface area contributed by atoms with Crippen LogP contribution in [0.5, 0.6) is 0 Å². The molecule has 3 rings (SSSR count). The SMILES string of the molecule is S=c1[nH]nc(-c2ccsc2)n1C1CCCCC1. The molecule has 0 aliphatic heterocycles. The predicted octanol–water partition coefficient (Wildman–Crippen LogP) is 4.17. The Morgan fingerprint density at radius 2 is 2.18 bits per heavy atom. The lowest BCUT2D eigenvalue weighted by molar-refractivity contribution is 0.352. The average molecular weight is 265 g/mol. The summed E-state index contributed by atoms with van der Waals surface area (Å²) < 4.78 is 2.98. The van der Waals surface area contributed by atoms with Gasteiger partial charge in [0.2, 0.25) is 0 Å². The highest BCUT2D eigenvalue weighted by Gasteiger charge is 2.20. The van der Waals surface area contributed by atoms with Gasteiger partial charge in [0.1, 0.15) is 0 Å². The van der Waals surface area contributed by atoms with Gasteiger partial charge in [0, 0.05) is 17.0 Å². The third-order valence-electron chi connectivity index (χ3n) is 3.42. The molecule has 0 radical (unpaired) electrons. The van der Waals surface area contributed by atoms with Gasteiger partial charge in [-0.05, 0) is 36.5 Å². The van der Waals surface area contributed by atoms with Crippen LogP contribution in [-0.2, 0) is 0 Å². The highest BCUT2D eigenvalue weighted by atomic mass is 32.1. The summed E-state index contributed by atoms with van der Waals surface area (Å²) in [5.74, 6) is 1.00. The maximum absolute atomic E-state index is 5.38. The van der Waals surface area contributed by atoms with Gasteiger partial charge in [0.05, 0.1) is 0 Å². The fraction of sp³-hybridized carbons (Fsp3) is 0.500. The van der Waals surface area contributed by atoms with Crippen molar-refractivity contribution in [1.29, 1.82) is 0 Å². The fourth-order valence-corrected chi connectivity index (χ4v) is 3.49. The summed E-state index contributed by atoms with van der Waals surface area (Å²) in [6.07, 6.45) is 6.42. The Hall–Kier alpha value is -0.940. The maximum atomic E-state index is 5.38. The normalized spacial score (nSPS) is 17.4. The summed E-state index contributed by atoms with van der Waals surface area (Å²) in [7, 11) is 0. The number of hydrogen-bond acceptors (Lipinski definition) is 3. The van der Waals surface area contributed by atoms with Crippen LogP contribution < -0.4 is 0 Å². The van der Waals surface area contributed by atoms with Crippen LogP contribution >= 0.6 is 23.6 Å². The molecule has 0 saturated heterocycles. The number of rotatable bonds is 2. The Morgan fingerprint density at radius 1 is 1.35 bits per heavy atom. The van der Waals surface area contributed by atoms with Crippen molar-refractivity contribution < 1.29 is 0 Å². The number of nitrogens with zero attached hydrogens (tertiary/aromatic N) is 2. The van der Waals surface area contributed by atoms with E-state index in [0.717, 1.165) is 10.6 Å². The summed E-state index contributed by atoms with van der Waals surface area (Å²) in [6.45, 7) is 0. The molecule has 0 amide bonds. The lowest BCUT2D eigenvalue weighted by atomic mass is 9.95. The monoisotopic (exact) mass is 265 g/mol. The molecule has 1 saturated carbocycles. The Labute approximate surface area is 109 Å². The second-order valence-electron chi connectivity index (χ2n) is 4.53. The van der Waals surface area contributed by atoms with Crippen molar-refractivity contribution in [3.8, 4) is 11.4 Å². The molecule has 0 aromatic carbocycles. The van der Waals surface area contributed by atoms with Gasteiger partial charge in [-0.3, -0.25) is 9.67 Å². The summed E-state index contributed by atoms with van der Waals surface area (Å²) in [5, 5.41) is 11.5. The van der Waals surface area contributed by atoms with E-state index >= 15 is 0 Å². The highest BCUT2D eigenvalue weighted by molar-refractivity contribution is 7.71. The second-order valence-corrected chi connectivity index (χ2v) is 5.69. The van der Waals surface area contributed by atoms with Gasteiger partial charge in [-0.1, -0.05) is 19.3 Å². The summed E-state index contributed by atoms with van der Waals surface area (Å²) in [4.78, 5) is 0. The van der Waals surface area contributed by atoms with Crippen molar-refractivity contribution >= 4 is 23.6 Å². The Morgan fingerprint density at radius 3 is 2.88 bits per heavy atom. The summed E-state index contributed by atoms with van der Waals surface area (Å²) in [6, 6.07) is 2.64. The zero-order valence-electron chi connectivity index (χ0n) is 9.56. The number of hydrogen-bond donors (Lipinski definition) is 1. The van der Waals surface area contributed by atoms with Crippen LogP contribution in [0.3, 0.4) is 0 Å². The second kappa shape index (κ2) is 4.74. The minimum atomic E-state index is 0.532. The van der Waals surface area contributed by atoms with Crippen LogP contribution in [-0.4, -0.2) is 14.8 Å². The third kappa shape index (κ3) is 2.09. The smallest absolute Gasteiger partial charge is 0.195 e. The van der Waals surface area contributed by atoms with Gasteiger partial charge in [-0.25, -0.2) is 0 Å². The average Bonchev–Trinajstić information content (AvgIpc) is 2.98. The van der Waals surface area contributed by atoms with E-state index in [9.17, 15) is 0 Å². The molecule has 2 aromatic rings. The van der Waals surface area contributed by atoms with Gasteiger partial charge < -0.3 is 0 Å². The van der Waals surface area contributed by atoms with Gasteiger partial charge in [0.15, 0.2) is 10.6 Å². The molecule has 1 fully saturated rings. The maximum Gasteiger partial charge on any atom is 0.195 e. The summed E-state index contributed by atoms with van der Waals surface area (Å²) in [5.41, 5.74) is 1.17. The van der Waals surface area contributed by atoms with Crippen molar-refractivity contribution in [2.45, 2.75) is 38.1 Å². The van der Waals surface area contributed by atoms with E-state index in [1.807, 2.05) is 0 Å². The number of aromatic nitrogens is 3. The minimum Gasteiger partial charge on any atom is -0.297 e. The minimum absolute atomic E-state index is 0.532. The fourth-order valence-electron chi connectivity index (χ4n) is 2.58. The van der Waals surface area contributed by atoms with E-state index in [1.165, 1.54) is 37.7 Å². The first-order valence-electron chi connectivity index (χ1n) is 6.06. The molecule has 90 valence electrons. The third-order valence-corrected chi connectivity index (χ3v) is 4.39. The van der Waals surface area contributed by atoms with E-state index in [1.54, 1.807) is 11.3 Å². The van der Waals surface area contributed by atoms with Crippen LogP contribution in [0.25, 0.3) is 11.4 Å². The molecule has 1 aliphatic rings. The standard InChI is InChI=1S/C12H15N3S2/c16-12-14-13-11(9-6-7-17-8-9)15(12)10-4-2-1-3-5-10/h6-8,10H,1-5H2,(H,14,16). The van der Waals surface area contributed by atoms with Gasteiger partial charge in [-0.15, -0.1) is 0 Å². The van der Waals surface area contributed by atoms with Gasteiger partial charge in [0.25, 0.3) is 0 Å². The number of aromatic amines is 1. The Balaban J connectivity index is 2.03. The first-order valence-corrected chi connectivity index (χ1v) is 7.41. The predicted molar refractivity (Wildman–Crippen MR) is 72.8 cm³/mol. The number of H-pyrrole nitrogens is 1. The molecular formula is C12H15N3S2. The van der Waals surface area contributed by atoms with Gasteiger partial charge in [-0.2, -0.15) is 16.4 Å². The van der Waals surface area contributed by atoms with Crippen molar-refractivity contribution in [1.82, 2.24) is 14.8 Å². The quantitative estimate of drug-likeness (QED) is 0.827.